The first-order valence-electron chi connectivity index (χ1n) is 4.40. The normalized spacial score (nSPS) is 11.9. The molecule has 0 saturated carbocycles. The first-order chi connectivity index (χ1) is 7.17. The maximum atomic E-state index is 9.10. The summed E-state index contributed by atoms with van der Waals surface area (Å²) in [6.07, 6.45) is -0.822. The molecule has 0 aliphatic heterocycles. The zero-order valence-corrected chi connectivity index (χ0v) is 8.70. The van der Waals surface area contributed by atoms with Gasteiger partial charge < -0.3 is 15.5 Å². The number of nitriles is 1. The van der Waals surface area contributed by atoms with Gasteiger partial charge in [0.25, 0.3) is 0 Å². The molecular formula is C10H11ClN2O2. The monoisotopic (exact) mass is 226 g/mol. The predicted molar refractivity (Wildman–Crippen MR) is 57.7 cm³/mol. The number of hydrogen-bond acceptors (Lipinski definition) is 4. The van der Waals surface area contributed by atoms with Gasteiger partial charge in [0.2, 0.25) is 0 Å². The van der Waals surface area contributed by atoms with Gasteiger partial charge in [-0.15, -0.1) is 0 Å². The van der Waals surface area contributed by atoms with Crippen LogP contribution < -0.4 is 5.32 Å². The highest BCUT2D eigenvalue weighted by atomic mass is 35.5. The molecule has 5 heteroatoms. The summed E-state index contributed by atoms with van der Waals surface area (Å²) >= 11 is 5.88. The predicted octanol–water partition coefficient (Wildman–Crippen LogP) is 0.977. The van der Waals surface area contributed by atoms with E-state index in [1.54, 1.807) is 12.1 Å². The van der Waals surface area contributed by atoms with Gasteiger partial charge in [-0.3, -0.25) is 0 Å². The third kappa shape index (κ3) is 3.40. The highest BCUT2D eigenvalue weighted by Crippen LogP contribution is 2.22. The van der Waals surface area contributed by atoms with E-state index in [0.717, 1.165) is 0 Å². The second kappa shape index (κ2) is 5.56. The lowest BCUT2D eigenvalue weighted by molar-refractivity contribution is 0.105. The second-order valence-corrected chi connectivity index (χ2v) is 3.43. The van der Waals surface area contributed by atoms with E-state index in [9.17, 15) is 0 Å². The Bertz CT molecular complexity index is 376. The fraction of sp³-hybridized carbons (Fsp3) is 0.300. The van der Waals surface area contributed by atoms with E-state index in [1.807, 2.05) is 6.07 Å². The minimum atomic E-state index is -0.822. The highest BCUT2D eigenvalue weighted by Gasteiger charge is 2.04. The maximum absolute atomic E-state index is 9.10. The zero-order chi connectivity index (χ0) is 11.3. The van der Waals surface area contributed by atoms with E-state index in [1.165, 1.54) is 6.07 Å². The molecule has 0 fully saturated rings. The van der Waals surface area contributed by atoms with Gasteiger partial charge in [-0.05, 0) is 18.2 Å². The van der Waals surface area contributed by atoms with Crippen LogP contribution in [0, 0.1) is 11.3 Å². The minimum absolute atomic E-state index is 0.210. The molecule has 0 saturated heterocycles. The van der Waals surface area contributed by atoms with Crippen molar-refractivity contribution in [3.63, 3.8) is 0 Å². The Morgan fingerprint density at radius 2 is 2.27 bits per heavy atom. The van der Waals surface area contributed by atoms with Crippen LogP contribution in [0.3, 0.4) is 0 Å². The Hall–Kier alpha value is -1.28. The van der Waals surface area contributed by atoms with Gasteiger partial charge in [-0.2, -0.15) is 5.26 Å². The summed E-state index contributed by atoms with van der Waals surface area (Å²) in [4.78, 5) is 0. The molecule has 4 nitrogen and oxygen atoms in total. The van der Waals surface area contributed by atoms with Crippen LogP contribution >= 0.6 is 11.6 Å². The van der Waals surface area contributed by atoms with Crippen molar-refractivity contribution in [3.8, 4) is 6.07 Å². The van der Waals surface area contributed by atoms with Crippen molar-refractivity contribution in [2.45, 2.75) is 6.10 Å². The van der Waals surface area contributed by atoms with Gasteiger partial charge in [0.05, 0.1) is 35.1 Å². The molecule has 80 valence electrons. The number of hydrogen-bond donors (Lipinski definition) is 3. The van der Waals surface area contributed by atoms with Crippen molar-refractivity contribution < 1.29 is 10.2 Å². The number of benzene rings is 1. The van der Waals surface area contributed by atoms with Crippen molar-refractivity contribution >= 4 is 17.3 Å². The first kappa shape index (κ1) is 11.8. The van der Waals surface area contributed by atoms with Crippen LogP contribution in [0.4, 0.5) is 5.69 Å². The van der Waals surface area contributed by atoms with E-state index in [4.69, 9.17) is 27.1 Å². The summed E-state index contributed by atoms with van der Waals surface area (Å²) < 4.78 is 0. The fourth-order valence-corrected chi connectivity index (χ4v) is 1.27. The smallest absolute Gasteiger partial charge is 0.0992 e. The van der Waals surface area contributed by atoms with Gasteiger partial charge in [0.1, 0.15) is 0 Å². The van der Waals surface area contributed by atoms with Crippen molar-refractivity contribution in [2.75, 3.05) is 18.5 Å². The first-order valence-corrected chi connectivity index (χ1v) is 4.77. The maximum Gasteiger partial charge on any atom is 0.0992 e. The summed E-state index contributed by atoms with van der Waals surface area (Å²) in [5.41, 5.74) is 1.11. The molecular weight excluding hydrogens is 216 g/mol. The Morgan fingerprint density at radius 3 is 2.80 bits per heavy atom. The number of nitrogens with one attached hydrogen (secondary N) is 1. The van der Waals surface area contributed by atoms with Crippen LogP contribution in [-0.4, -0.2) is 29.5 Å². The number of aliphatic hydroxyl groups is 2. The van der Waals surface area contributed by atoms with E-state index in [2.05, 4.69) is 5.32 Å². The van der Waals surface area contributed by atoms with Crippen molar-refractivity contribution in [1.29, 1.82) is 5.26 Å². The van der Waals surface area contributed by atoms with Crippen LogP contribution in [0.25, 0.3) is 0 Å². The second-order valence-electron chi connectivity index (χ2n) is 3.02. The van der Waals surface area contributed by atoms with E-state index < -0.39 is 6.10 Å². The Labute approximate surface area is 92.7 Å². The number of halogens is 1. The standard InChI is InChI=1S/C10H11ClN2O2/c11-9-3-7(4-12)1-2-10(9)13-5-8(15)6-14/h1-3,8,13-15H,5-6H2. The molecule has 1 aromatic rings. The van der Waals surface area contributed by atoms with Gasteiger partial charge in [-0.1, -0.05) is 11.6 Å². The molecule has 1 unspecified atom stereocenters. The summed E-state index contributed by atoms with van der Waals surface area (Å²) in [6.45, 7) is -0.0942. The third-order valence-electron chi connectivity index (χ3n) is 1.84. The lowest BCUT2D eigenvalue weighted by Gasteiger charge is -2.11. The number of rotatable bonds is 4. The number of nitrogens with zero attached hydrogens (tertiary/aromatic N) is 1. The van der Waals surface area contributed by atoms with E-state index in [0.29, 0.717) is 16.3 Å². The van der Waals surface area contributed by atoms with Crippen LogP contribution in [-0.2, 0) is 0 Å². The molecule has 1 atom stereocenters. The lowest BCUT2D eigenvalue weighted by atomic mass is 10.2. The summed E-state index contributed by atoms with van der Waals surface area (Å²) in [7, 11) is 0. The molecule has 1 aromatic carbocycles. The zero-order valence-electron chi connectivity index (χ0n) is 7.94. The molecule has 0 spiro atoms. The van der Waals surface area contributed by atoms with Crippen LogP contribution in [0.1, 0.15) is 5.56 Å². The van der Waals surface area contributed by atoms with Gasteiger partial charge in [-0.25, -0.2) is 0 Å². The Balaban J connectivity index is 2.67. The molecule has 0 aliphatic rings. The molecule has 0 heterocycles. The van der Waals surface area contributed by atoms with Crippen LogP contribution in [0.15, 0.2) is 18.2 Å². The molecule has 1 rings (SSSR count). The van der Waals surface area contributed by atoms with Crippen molar-refractivity contribution in [1.82, 2.24) is 0 Å². The van der Waals surface area contributed by atoms with Gasteiger partial charge in [0, 0.05) is 6.54 Å². The minimum Gasteiger partial charge on any atom is -0.394 e. The third-order valence-corrected chi connectivity index (χ3v) is 2.15. The lowest BCUT2D eigenvalue weighted by Crippen LogP contribution is -2.23. The van der Waals surface area contributed by atoms with E-state index in [-0.39, 0.29) is 13.2 Å². The van der Waals surface area contributed by atoms with Crippen molar-refractivity contribution in [3.05, 3.63) is 28.8 Å². The number of aliphatic hydroxyl groups excluding tert-OH is 2. The fourth-order valence-electron chi connectivity index (χ4n) is 1.02. The van der Waals surface area contributed by atoms with Gasteiger partial charge >= 0.3 is 0 Å². The summed E-state index contributed by atoms with van der Waals surface area (Å²) in [6, 6.07) is 6.79. The molecule has 0 aliphatic carbocycles. The topological polar surface area (TPSA) is 76.3 Å². The summed E-state index contributed by atoms with van der Waals surface area (Å²) in [5.74, 6) is 0. The Morgan fingerprint density at radius 1 is 1.53 bits per heavy atom. The number of anilines is 1. The Kier molecular flexibility index (Phi) is 4.37. The molecule has 0 amide bonds. The molecule has 15 heavy (non-hydrogen) atoms. The summed E-state index contributed by atoms with van der Waals surface area (Å²) in [5, 5.41) is 29.6. The molecule has 0 bridgehead atoms. The highest BCUT2D eigenvalue weighted by molar-refractivity contribution is 6.33. The van der Waals surface area contributed by atoms with Crippen molar-refractivity contribution in [2.24, 2.45) is 0 Å². The average molecular weight is 227 g/mol. The molecule has 0 aromatic heterocycles. The average Bonchev–Trinajstić information content (AvgIpc) is 2.26. The van der Waals surface area contributed by atoms with Crippen LogP contribution in [0.5, 0.6) is 0 Å². The van der Waals surface area contributed by atoms with Crippen LogP contribution in [0.2, 0.25) is 5.02 Å². The molecule has 0 radical (unpaired) electrons. The van der Waals surface area contributed by atoms with Gasteiger partial charge in [0.15, 0.2) is 0 Å². The quantitative estimate of drug-likeness (QED) is 0.715. The SMILES string of the molecule is N#Cc1ccc(NCC(O)CO)c(Cl)c1. The largest absolute Gasteiger partial charge is 0.394 e. The molecule has 3 N–H and O–H groups in total. The van der Waals surface area contributed by atoms with E-state index >= 15 is 0 Å².